The maximum Gasteiger partial charge on any atom is 0.280 e. The summed E-state index contributed by atoms with van der Waals surface area (Å²) in [4.78, 5) is 4.05. The number of ether oxygens (including phenoxy) is 2. The number of halogens is 2. The summed E-state index contributed by atoms with van der Waals surface area (Å²) >= 11 is 0. The van der Waals surface area contributed by atoms with E-state index in [9.17, 15) is 8.78 Å². The Morgan fingerprint density at radius 3 is 2.33 bits per heavy atom. The van der Waals surface area contributed by atoms with Gasteiger partial charge in [-0.1, -0.05) is 0 Å². The standard InChI is InChI=1S/C15H18F2N2O2/c1-4-20-11-6-7-12(21-5-2)14-13(11)9(18-3)8-10(19-14)15(16)17/h6-8,15H,4-5H2,1-3H3,(H,18,19). The Hall–Kier alpha value is -2.11. The average molecular weight is 296 g/mol. The molecule has 1 aromatic heterocycles. The molecule has 1 aromatic carbocycles. The average Bonchev–Trinajstić information content (AvgIpc) is 2.48. The van der Waals surface area contributed by atoms with E-state index in [4.69, 9.17) is 9.47 Å². The van der Waals surface area contributed by atoms with E-state index in [1.165, 1.54) is 6.07 Å². The van der Waals surface area contributed by atoms with Crippen molar-refractivity contribution in [2.75, 3.05) is 25.6 Å². The molecule has 0 atom stereocenters. The molecular weight excluding hydrogens is 278 g/mol. The highest BCUT2D eigenvalue weighted by Crippen LogP contribution is 2.38. The van der Waals surface area contributed by atoms with Gasteiger partial charge in [-0.15, -0.1) is 0 Å². The van der Waals surface area contributed by atoms with Gasteiger partial charge in [0.05, 0.1) is 18.6 Å². The van der Waals surface area contributed by atoms with Crippen molar-refractivity contribution in [3.8, 4) is 11.5 Å². The Kier molecular flexibility index (Phi) is 4.77. The van der Waals surface area contributed by atoms with Crippen LogP contribution in [0.15, 0.2) is 18.2 Å². The van der Waals surface area contributed by atoms with Gasteiger partial charge in [0.15, 0.2) is 0 Å². The SMILES string of the molecule is CCOc1ccc(OCC)c2c(NC)cc(C(F)F)nc12. The summed E-state index contributed by atoms with van der Waals surface area (Å²) in [5, 5.41) is 3.57. The number of anilines is 1. The number of hydrogen-bond acceptors (Lipinski definition) is 4. The summed E-state index contributed by atoms with van der Waals surface area (Å²) in [7, 11) is 1.67. The molecule has 0 saturated carbocycles. The van der Waals surface area contributed by atoms with Crippen LogP contribution < -0.4 is 14.8 Å². The van der Waals surface area contributed by atoms with Gasteiger partial charge in [-0.05, 0) is 32.0 Å². The van der Waals surface area contributed by atoms with Crippen LogP contribution in [-0.4, -0.2) is 25.2 Å². The van der Waals surface area contributed by atoms with E-state index in [2.05, 4.69) is 10.3 Å². The number of nitrogens with zero attached hydrogens (tertiary/aromatic N) is 1. The van der Waals surface area contributed by atoms with Gasteiger partial charge in [0.25, 0.3) is 6.43 Å². The van der Waals surface area contributed by atoms with Crippen LogP contribution in [0.2, 0.25) is 0 Å². The minimum atomic E-state index is -2.65. The fraction of sp³-hybridized carbons (Fsp3) is 0.400. The van der Waals surface area contributed by atoms with Crippen LogP contribution in [0.4, 0.5) is 14.5 Å². The normalized spacial score (nSPS) is 11.0. The van der Waals surface area contributed by atoms with Crippen LogP contribution in [0.1, 0.15) is 26.0 Å². The molecule has 0 aliphatic rings. The van der Waals surface area contributed by atoms with Gasteiger partial charge in [0.1, 0.15) is 22.7 Å². The first kappa shape index (κ1) is 15.3. The molecule has 0 bridgehead atoms. The highest BCUT2D eigenvalue weighted by Gasteiger charge is 2.18. The van der Waals surface area contributed by atoms with Gasteiger partial charge in [0.2, 0.25) is 0 Å². The lowest BCUT2D eigenvalue weighted by molar-refractivity contribution is 0.146. The van der Waals surface area contributed by atoms with Gasteiger partial charge in [0, 0.05) is 12.7 Å². The summed E-state index contributed by atoms with van der Waals surface area (Å²) in [6.07, 6.45) is -2.65. The molecule has 0 aliphatic heterocycles. The van der Waals surface area contributed by atoms with E-state index < -0.39 is 6.43 Å². The zero-order chi connectivity index (χ0) is 15.4. The fourth-order valence-corrected chi connectivity index (χ4v) is 2.16. The van der Waals surface area contributed by atoms with Crippen molar-refractivity contribution in [3.05, 3.63) is 23.9 Å². The number of hydrogen-bond donors (Lipinski definition) is 1. The topological polar surface area (TPSA) is 43.4 Å². The van der Waals surface area contributed by atoms with Crippen molar-refractivity contribution in [2.45, 2.75) is 20.3 Å². The zero-order valence-corrected chi connectivity index (χ0v) is 12.2. The third-order valence-corrected chi connectivity index (χ3v) is 3.00. The Bertz CT molecular complexity index is 633. The molecule has 1 heterocycles. The Labute approximate surface area is 122 Å². The largest absolute Gasteiger partial charge is 0.493 e. The molecule has 2 aromatic rings. The van der Waals surface area contributed by atoms with Crippen molar-refractivity contribution in [3.63, 3.8) is 0 Å². The molecular formula is C15H18F2N2O2. The summed E-state index contributed by atoms with van der Waals surface area (Å²) in [5.41, 5.74) is 0.631. The lowest BCUT2D eigenvalue weighted by atomic mass is 10.1. The van der Waals surface area contributed by atoms with Gasteiger partial charge in [-0.25, -0.2) is 13.8 Å². The third kappa shape index (κ3) is 2.99. The summed E-state index contributed by atoms with van der Waals surface area (Å²) in [6, 6.07) is 4.80. The van der Waals surface area contributed by atoms with Gasteiger partial charge >= 0.3 is 0 Å². The highest BCUT2D eigenvalue weighted by molar-refractivity contribution is 6.00. The van der Waals surface area contributed by atoms with Crippen LogP contribution >= 0.6 is 0 Å². The number of aromatic nitrogens is 1. The number of fused-ring (bicyclic) bond motifs is 1. The van der Waals surface area contributed by atoms with E-state index in [0.717, 1.165) is 0 Å². The molecule has 2 rings (SSSR count). The maximum absolute atomic E-state index is 13.0. The molecule has 114 valence electrons. The molecule has 0 amide bonds. The molecule has 0 spiro atoms. The predicted molar refractivity (Wildman–Crippen MR) is 78.6 cm³/mol. The van der Waals surface area contributed by atoms with Crippen LogP contribution in [0.3, 0.4) is 0 Å². The zero-order valence-electron chi connectivity index (χ0n) is 12.2. The van der Waals surface area contributed by atoms with E-state index in [1.54, 1.807) is 19.2 Å². The lowest BCUT2D eigenvalue weighted by Crippen LogP contribution is -2.02. The van der Waals surface area contributed by atoms with Crippen molar-refractivity contribution >= 4 is 16.6 Å². The molecule has 21 heavy (non-hydrogen) atoms. The van der Waals surface area contributed by atoms with E-state index in [1.807, 2.05) is 13.8 Å². The Balaban J connectivity index is 2.78. The highest BCUT2D eigenvalue weighted by atomic mass is 19.3. The number of pyridine rings is 1. The second-order valence-electron chi connectivity index (χ2n) is 4.30. The monoisotopic (exact) mass is 296 g/mol. The number of benzene rings is 1. The Morgan fingerprint density at radius 1 is 1.14 bits per heavy atom. The van der Waals surface area contributed by atoms with Crippen molar-refractivity contribution < 1.29 is 18.3 Å². The van der Waals surface area contributed by atoms with Crippen molar-refractivity contribution in [1.82, 2.24) is 4.98 Å². The van der Waals surface area contributed by atoms with Crippen LogP contribution in [0.25, 0.3) is 10.9 Å². The molecule has 0 radical (unpaired) electrons. The minimum Gasteiger partial charge on any atom is -0.493 e. The third-order valence-electron chi connectivity index (χ3n) is 3.00. The first-order valence-electron chi connectivity index (χ1n) is 6.81. The van der Waals surface area contributed by atoms with E-state index in [-0.39, 0.29) is 5.69 Å². The van der Waals surface area contributed by atoms with Crippen LogP contribution in [0, 0.1) is 0 Å². The number of nitrogens with one attached hydrogen (secondary N) is 1. The molecule has 0 saturated heterocycles. The van der Waals surface area contributed by atoms with E-state index >= 15 is 0 Å². The number of alkyl halides is 2. The first-order valence-corrected chi connectivity index (χ1v) is 6.81. The molecule has 0 fully saturated rings. The Morgan fingerprint density at radius 2 is 1.76 bits per heavy atom. The minimum absolute atomic E-state index is 0.290. The van der Waals surface area contributed by atoms with Gasteiger partial charge in [-0.2, -0.15) is 0 Å². The smallest absolute Gasteiger partial charge is 0.280 e. The molecule has 0 aliphatic carbocycles. The summed E-state index contributed by atoms with van der Waals surface area (Å²) < 4.78 is 37.1. The molecule has 6 heteroatoms. The molecule has 1 N–H and O–H groups in total. The lowest BCUT2D eigenvalue weighted by Gasteiger charge is -2.15. The second-order valence-corrected chi connectivity index (χ2v) is 4.30. The van der Waals surface area contributed by atoms with Crippen LogP contribution in [-0.2, 0) is 0 Å². The van der Waals surface area contributed by atoms with E-state index in [0.29, 0.717) is 41.3 Å². The van der Waals surface area contributed by atoms with Crippen LogP contribution in [0.5, 0.6) is 11.5 Å². The summed E-state index contributed by atoms with van der Waals surface area (Å²) in [5.74, 6) is 1.06. The molecule has 4 nitrogen and oxygen atoms in total. The van der Waals surface area contributed by atoms with Gasteiger partial charge in [-0.3, -0.25) is 0 Å². The maximum atomic E-state index is 13.0. The predicted octanol–water partition coefficient (Wildman–Crippen LogP) is 4.01. The van der Waals surface area contributed by atoms with Gasteiger partial charge < -0.3 is 14.8 Å². The quantitative estimate of drug-likeness (QED) is 0.874. The number of rotatable bonds is 6. The summed E-state index contributed by atoms with van der Waals surface area (Å²) in [6.45, 7) is 4.60. The molecule has 0 unspecified atom stereocenters. The fourth-order valence-electron chi connectivity index (χ4n) is 2.16. The van der Waals surface area contributed by atoms with Crippen molar-refractivity contribution in [1.29, 1.82) is 0 Å². The second kappa shape index (κ2) is 6.56. The van der Waals surface area contributed by atoms with Crippen molar-refractivity contribution in [2.24, 2.45) is 0 Å². The first-order chi connectivity index (χ1) is 10.1.